The highest BCUT2D eigenvalue weighted by molar-refractivity contribution is 7.18. The van der Waals surface area contributed by atoms with Crippen molar-refractivity contribution in [1.29, 1.82) is 0 Å². The molecule has 0 aliphatic carbocycles. The molecular formula is C15H20N4OS. The van der Waals surface area contributed by atoms with Crippen LogP contribution in [0.15, 0.2) is 24.3 Å². The molecule has 2 heterocycles. The van der Waals surface area contributed by atoms with Crippen molar-refractivity contribution in [3.05, 3.63) is 24.3 Å². The first-order valence-corrected chi connectivity index (χ1v) is 7.92. The second-order valence-electron chi connectivity index (χ2n) is 5.42. The van der Waals surface area contributed by atoms with Crippen LogP contribution in [0.1, 0.15) is 6.92 Å². The molecule has 21 heavy (non-hydrogen) atoms. The number of aromatic nitrogens is 2. The molecule has 0 amide bonds. The molecule has 1 atom stereocenters. The van der Waals surface area contributed by atoms with E-state index < -0.39 is 0 Å². The molecule has 5 nitrogen and oxygen atoms in total. The van der Waals surface area contributed by atoms with E-state index in [9.17, 15) is 0 Å². The third-order valence-electron chi connectivity index (χ3n) is 3.83. The number of piperazine rings is 1. The van der Waals surface area contributed by atoms with Gasteiger partial charge in [-0.1, -0.05) is 11.3 Å². The van der Waals surface area contributed by atoms with Gasteiger partial charge in [-0.15, -0.1) is 10.2 Å². The van der Waals surface area contributed by atoms with Crippen molar-refractivity contribution in [2.75, 3.05) is 38.7 Å². The van der Waals surface area contributed by atoms with E-state index in [1.165, 1.54) is 0 Å². The molecule has 1 aromatic carbocycles. The highest BCUT2D eigenvalue weighted by Crippen LogP contribution is 2.31. The molecule has 0 bridgehead atoms. The molecule has 6 heteroatoms. The van der Waals surface area contributed by atoms with Crippen molar-refractivity contribution in [2.24, 2.45) is 0 Å². The standard InChI is InChI=1S/C15H20N4OS/c1-11-10-18(2)8-9-19(11)15-17-16-14(21-15)12-4-6-13(20-3)7-5-12/h4-7,11H,8-10H2,1-3H3. The van der Waals surface area contributed by atoms with E-state index in [-0.39, 0.29) is 0 Å². The molecule has 1 aliphatic heterocycles. The summed E-state index contributed by atoms with van der Waals surface area (Å²) in [4.78, 5) is 4.71. The van der Waals surface area contributed by atoms with Gasteiger partial charge in [0.25, 0.3) is 0 Å². The lowest BCUT2D eigenvalue weighted by Gasteiger charge is -2.37. The van der Waals surface area contributed by atoms with Crippen LogP contribution >= 0.6 is 11.3 Å². The van der Waals surface area contributed by atoms with Gasteiger partial charge >= 0.3 is 0 Å². The Balaban J connectivity index is 1.79. The summed E-state index contributed by atoms with van der Waals surface area (Å²) in [6.45, 7) is 5.39. The molecule has 0 saturated carbocycles. The predicted octanol–water partition coefficient (Wildman–Crippen LogP) is 2.35. The Labute approximate surface area is 129 Å². The van der Waals surface area contributed by atoms with E-state index in [0.717, 1.165) is 41.1 Å². The average molecular weight is 304 g/mol. The summed E-state index contributed by atoms with van der Waals surface area (Å²) in [5.74, 6) is 0.858. The maximum Gasteiger partial charge on any atom is 0.208 e. The van der Waals surface area contributed by atoms with E-state index in [2.05, 4.69) is 34.0 Å². The maximum atomic E-state index is 5.18. The SMILES string of the molecule is COc1ccc(-c2nnc(N3CCN(C)CC3C)s2)cc1. The molecule has 1 unspecified atom stereocenters. The Morgan fingerprint density at radius 2 is 1.95 bits per heavy atom. The Kier molecular flexibility index (Phi) is 4.07. The zero-order valence-electron chi connectivity index (χ0n) is 12.6. The lowest BCUT2D eigenvalue weighted by atomic mass is 10.2. The molecule has 112 valence electrons. The molecule has 2 aromatic rings. The van der Waals surface area contributed by atoms with Gasteiger partial charge in [0.05, 0.1) is 7.11 Å². The molecule has 1 saturated heterocycles. The van der Waals surface area contributed by atoms with Gasteiger partial charge in [-0.05, 0) is 38.2 Å². The quantitative estimate of drug-likeness (QED) is 0.871. The summed E-state index contributed by atoms with van der Waals surface area (Å²) in [6.07, 6.45) is 0. The summed E-state index contributed by atoms with van der Waals surface area (Å²) >= 11 is 1.66. The largest absolute Gasteiger partial charge is 0.497 e. The van der Waals surface area contributed by atoms with Gasteiger partial charge in [0.15, 0.2) is 0 Å². The van der Waals surface area contributed by atoms with Crippen LogP contribution in [-0.2, 0) is 0 Å². The maximum absolute atomic E-state index is 5.18. The molecular weight excluding hydrogens is 284 g/mol. The van der Waals surface area contributed by atoms with E-state index in [1.54, 1.807) is 18.4 Å². The number of benzene rings is 1. The minimum Gasteiger partial charge on any atom is -0.497 e. The summed E-state index contributed by atoms with van der Waals surface area (Å²) in [7, 11) is 3.84. The number of methoxy groups -OCH3 is 1. The first-order valence-electron chi connectivity index (χ1n) is 7.10. The van der Waals surface area contributed by atoms with E-state index in [0.29, 0.717) is 6.04 Å². The third-order valence-corrected chi connectivity index (χ3v) is 4.84. The van der Waals surface area contributed by atoms with Crippen molar-refractivity contribution in [2.45, 2.75) is 13.0 Å². The predicted molar refractivity (Wildman–Crippen MR) is 86.2 cm³/mol. The second-order valence-corrected chi connectivity index (χ2v) is 6.38. The van der Waals surface area contributed by atoms with Crippen molar-refractivity contribution >= 4 is 16.5 Å². The molecule has 1 aliphatic rings. The zero-order valence-corrected chi connectivity index (χ0v) is 13.4. The number of hydrogen-bond donors (Lipinski definition) is 0. The Hall–Kier alpha value is -1.66. The molecule has 0 N–H and O–H groups in total. The number of nitrogens with zero attached hydrogens (tertiary/aromatic N) is 4. The fraction of sp³-hybridized carbons (Fsp3) is 0.467. The van der Waals surface area contributed by atoms with Crippen LogP contribution in [0.5, 0.6) is 5.75 Å². The lowest BCUT2D eigenvalue weighted by Crippen LogP contribution is -2.50. The van der Waals surface area contributed by atoms with Gasteiger partial charge in [-0.2, -0.15) is 0 Å². The van der Waals surface area contributed by atoms with Gasteiger partial charge in [0.2, 0.25) is 5.13 Å². The van der Waals surface area contributed by atoms with E-state index in [4.69, 9.17) is 4.74 Å². The zero-order chi connectivity index (χ0) is 14.8. The number of anilines is 1. The van der Waals surface area contributed by atoms with Crippen LogP contribution in [0.25, 0.3) is 10.6 Å². The van der Waals surface area contributed by atoms with E-state index in [1.807, 2.05) is 24.3 Å². The van der Waals surface area contributed by atoms with Gasteiger partial charge in [-0.3, -0.25) is 0 Å². The van der Waals surface area contributed by atoms with Crippen LogP contribution in [-0.4, -0.2) is 54.9 Å². The monoisotopic (exact) mass is 304 g/mol. The van der Waals surface area contributed by atoms with Crippen LogP contribution in [0.4, 0.5) is 5.13 Å². The summed E-state index contributed by atoms with van der Waals surface area (Å²) in [6, 6.07) is 8.43. The fourth-order valence-corrected chi connectivity index (χ4v) is 3.58. The summed E-state index contributed by atoms with van der Waals surface area (Å²) in [5, 5.41) is 10.7. The molecule has 3 rings (SSSR count). The van der Waals surface area contributed by atoms with Crippen molar-refractivity contribution in [1.82, 2.24) is 15.1 Å². The lowest BCUT2D eigenvalue weighted by molar-refractivity contribution is 0.275. The Morgan fingerprint density at radius 3 is 2.62 bits per heavy atom. The van der Waals surface area contributed by atoms with Crippen molar-refractivity contribution < 1.29 is 4.74 Å². The topological polar surface area (TPSA) is 41.5 Å². The van der Waals surface area contributed by atoms with Gasteiger partial charge < -0.3 is 14.5 Å². The van der Waals surface area contributed by atoms with Crippen LogP contribution < -0.4 is 9.64 Å². The van der Waals surface area contributed by atoms with E-state index >= 15 is 0 Å². The minimum atomic E-state index is 0.473. The first-order chi connectivity index (χ1) is 10.2. The van der Waals surface area contributed by atoms with Gasteiger partial charge in [-0.25, -0.2) is 0 Å². The smallest absolute Gasteiger partial charge is 0.208 e. The number of hydrogen-bond acceptors (Lipinski definition) is 6. The van der Waals surface area contributed by atoms with Crippen LogP contribution in [0, 0.1) is 0 Å². The average Bonchev–Trinajstić information content (AvgIpc) is 2.97. The number of rotatable bonds is 3. The fourth-order valence-electron chi connectivity index (χ4n) is 2.61. The Bertz CT molecular complexity index is 598. The molecule has 1 aromatic heterocycles. The normalized spacial score (nSPS) is 19.8. The van der Waals surface area contributed by atoms with Crippen LogP contribution in [0.3, 0.4) is 0 Å². The van der Waals surface area contributed by atoms with Gasteiger partial charge in [0, 0.05) is 31.2 Å². The minimum absolute atomic E-state index is 0.473. The Morgan fingerprint density at radius 1 is 1.19 bits per heavy atom. The number of likely N-dealkylation sites (N-methyl/N-ethyl adjacent to an activating group) is 1. The first kappa shape index (κ1) is 14.3. The van der Waals surface area contributed by atoms with Gasteiger partial charge in [0.1, 0.15) is 10.8 Å². The van der Waals surface area contributed by atoms with Crippen LogP contribution in [0.2, 0.25) is 0 Å². The molecule has 0 radical (unpaired) electrons. The summed E-state index contributed by atoms with van der Waals surface area (Å²) in [5.41, 5.74) is 1.08. The number of ether oxygens (including phenoxy) is 1. The highest BCUT2D eigenvalue weighted by atomic mass is 32.1. The highest BCUT2D eigenvalue weighted by Gasteiger charge is 2.24. The second kappa shape index (κ2) is 5.99. The van der Waals surface area contributed by atoms with Crippen molar-refractivity contribution in [3.8, 4) is 16.3 Å². The molecule has 1 fully saturated rings. The third kappa shape index (κ3) is 3.01. The van der Waals surface area contributed by atoms with Crippen molar-refractivity contribution in [3.63, 3.8) is 0 Å². The summed E-state index contributed by atoms with van der Waals surface area (Å²) < 4.78 is 5.18. The molecule has 0 spiro atoms.